The predicted molar refractivity (Wildman–Crippen MR) is 115 cm³/mol. The second kappa shape index (κ2) is 8.84. The fraction of sp³-hybridized carbons (Fsp3) is 0.0476. The SMILES string of the molecule is Brc1ccc2ncnc(Nc3ccc(OCc4ccccc4)cc3)c2c1.Cl. The zero-order valence-corrected chi connectivity index (χ0v) is 16.7. The Morgan fingerprint density at radius 1 is 0.889 bits per heavy atom. The lowest BCUT2D eigenvalue weighted by atomic mass is 10.2. The Bertz CT molecular complexity index is 1030. The van der Waals surface area contributed by atoms with Crippen LogP contribution >= 0.6 is 28.3 Å². The van der Waals surface area contributed by atoms with Gasteiger partial charge in [-0.15, -0.1) is 12.4 Å². The number of nitrogens with zero attached hydrogens (tertiary/aromatic N) is 2. The molecule has 1 aromatic heterocycles. The molecule has 4 nitrogen and oxygen atoms in total. The van der Waals surface area contributed by atoms with E-state index >= 15 is 0 Å². The van der Waals surface area contributed by atoms with Crippen molar-refractivity contribution in [3.63, 3.8) is 0 Å². The van der Waals surface area contributed by atoms with Crippen molar-refractivity contribution in [1.29, 1.82) is 0 Å². The van der Waals surface area contributed by atoms with Gasteiger partial charge in [-0.3, -0.25) is 0 Å². The quantitative estimate of drug-likeness (QED) is 0.403. The number of hydrogen-bond donors (Lipinski definition) is 1. The summed E-state index contributed by atoms with van der Waals surface area (Å²) in [6.07, 6.45) is 1.57. The summed E-state index contributed by atoms with van der Waals surface area (Å²) in [4.78, 5) is 8.67. The topological polar surface area (TPSA) is 47.0 Å². The lowest BCUT2D eigenvalue weighted by molar-refractivity contribution is 0.306. The molecule has 0 aliphatic heterocycles. The van der Waals surface area contributed by atoms with E-state index in [4.69, 9.17) is 4.74 Å². The summed E-state index contributed by atoms with van der Waals surface area (Å²) in [7, 11) is 0. The van der Waals surface area contributed by atoms with Crippen molar-refractivity contribution < 1.29 is 4.74 Å². The molecule has 0 aliphatic carbocycles. The van der Waals surface area contributed by atoms with Gasteiger partial charge in [0.2, 0.25) is 0 Å². The number of nitrogens with one attached hydrogen (secondary N) is 1. The molecular weight excluding hydrogens is 426 g/mol. The molecule has 4 aromatic rings. The zero-order chi connectivity index (χ0) is 17.8. The number of hydrogen-bond acceptors (Lipinski definition) is 4. The van der Waals surface area contributed by atoms with Gasteiger partial charge in [0.05, 0.1) is 5.52 Å². The Morgan fingerprint density at radius 2 is 1.67 bits per heavy atom. The molecule has 0 atom stereocenters. The van der Waals surface area contributed by atoms with Crippen LogP contribution in [0.25, 0.3) is 10.9 Å². The Hall–Kier alpha value is -2.63. The van der Waals surface area contributed by atoms with Gasteiger partial charge in [-0.05, 0) is 48.0 Å². The summed E-state index contributed by atoms with van der Waals surface area (Å²) in [6, 6.07) is 23.9. The average molecular weight is 443 g/mol. The normalized spacial score (nSPS) is 10.3. The smallest absolute Gasteiger partial charge is 0.141 e. The first-order valence-corrected chi connectivity index (χ1v) is 9.01. The highest BCUT2D eigenvalue weighted by molar-refractivity contribution is 9.10. The molecule has 0 spiro atoms. The second-order valence-corrected chi connectivity index (χ2v) is 6.72. The lowest BCUT2D eigenvalue weighted by Crippen LogP contribution is -1.97. The van der Waals surface area contributed by atoms with E-state index in [1.54, 1.807) is 6.33 Å². The number of ether oxygens (including phenoxy) is 1. The standard InChI is InChI=1S/C21H16BrN3O.ClH/c22-16-6-11-20-19(12-16)21(24-14-23-20)25-17-7-9-18(10-8-17)26-13-15-4-2-1-3-5-15;/h1-12,14H,13H2,(H,23,24,25);1H. The number of rotatable bonds is 5. The van der Waals surface area contributed by atoms with Crippen LogP contribution in [0, 0.1) is 0 Å². The van der Waals surface area contributed by atoms with Gasteiger partial charge < -0.3 is 10.1 Å². The largest absolute Gasteiger partial charge is 0.489 e. The number of halogens is 2. The van der Waals surface area contributed by atoms with E-state index in [9.17, 15) is 0 Å². The molecule has 136 valence electrons. The van der Waals surface area contributed by atoms with Crippen LogP contribution in [0.5, 0.6) is 5.75 Å². The maximum Gasteiger partial charge on any atom is 0.141 e. The van der Waals surface area contributed by atoms with Crippen LogP contribution in [0.3, 0.4) is 0 Å². The van der Waals surface area contributed by atoms with Gasteiger partial charge in [0, 0.05) is 15.5 Å². The first kappa shape index (κ1) is 19.1. The fourth-order valence-electron chi connectivity index (χ4n) is 2.64. The van der Waals surface area contributed by atoms with E-state index in [0.717, 1.165) is 38.2 Å². The van der Waals surface area contributed by atoms with E-state index in [0.29, 0.717) is 6.61 Å². The molecule has 0 unspecified atom stereocenters. The molecule has 0 fully saturated rings. The Morgan fingerprint density at radius 3 is 2.44 bits per heavy atom. The van der Waals surface area contributed by atoms with Gasteiger partial charge in [-0.2, -0.15) is 0 Å². The van der Waals surface area contributed by atoms with Gasteiger partial charge in [0.25, 0.3) is 0 Å². The van der Waals surface area contributed by atoms with Crippen molar-refractivity contribution in [3.05, 3.63) is 89.2 Å². The van der Waals surface area contributed by atoms with Crippen molar-refractivity contribution in [2.24, 2.45) is 0 Å². The minimum atomic E-state index is 0. The van der Waals surface area contributed by atoms with E-state index in [1.807, 2.05) is 72.8 Å². The molecular formula is C21H17BrClN3O. The molecule has 0 saturated carbocycles. The third kappa shape index (κ3) is 4.76. The summed E-state index contributed by atoms with van der Waals surface area (Å²) < 4.78 is 6.82. The summed E-state index contributed by atoms with van der Waals surface area (Å²) >= 11 is 3.50. The summed E-state index contributed by atoms with van der Waals surface area (Å²) in [6.45, 7) is 0.554. The van der Waals surface area contributed by atoms with E-state index < -0.39 is 0 Å². The third-order valence-electron chi connectivity index (χ3n) is 3.96. The number of benzene rings is 3. The van der Waals surface area contributed by atoms with Crippen LogP contribution in [-0.4, -0.2) is 9.97 Å². The van der Waals surface area contributed by atoms with Gasteiger partial charge in [-0.1, -0.05) is 46.3 Å². The highest BCUT2D eigenvalue weighted by atomic mass is 79.9. The Labute approximate surface area is 172 Å². The molecule has 0 amide bonds. The first-order chi connectivity index (χ1) is 12.8. The van der Waals surface area contributed by atoms with E-state index in [1.165, 1.54) is 0 Å². The van der Waals surface area contributed by atoms with E-state index in [2.05, 4.69) is 31.2 Å². The van der Waals surface area contributed by atoms with Crippen molar-refractivity contribution in [3.8, 4) is 5.75 Å². The summed E-state index contributed by atoms with van der Waals surface area (Å²) in [5, 5.41) is 4.31. The molecule has 0 aliphatic rings. The van der Waals surface area contributed by atoms with Crippen molar-refractivity contribution in [2.45, 2.75) is 6.61 Å². The van der Waals surface area contributed by atoms with Crippen LogP contribution in [0.2, 0.25) is 0 Å². The maximum absolute atomic E-state index is 5.82. The molecule has 1 N–H and O–H groups in total. The Balaban J connectivity index is 0.00000210. The van der Waals surface area contributed by atoms with Crippen molar-refractivity contribution in [1.82, 2.24) is 9.97 Å². The second-order valence-electron chi connectivity index (χ2n) is 5.81. The first-order valence-electron chi connectivity index (χ1n) is 8.22. The monoisotopic (exact) mass is 441 g/mol. The number of fused-ring (bicyclic) bond motifs is 1. The van der Waals surface area contributed by atoms with Gasteiger partial charge in [0.1, 0.15) is 24.5 Å². The van der Waals surface area contributed by atoms with Crippen LogP contribution < -0.4 is 10.1 Å². The van der Waals surface area contributed by atoms with E-state index in [-0.39, 0.29) is 12.4 Å². The van der Waals surface area contributed by atoms with Crippen LogP contribution in [-0.2, 0) is 6.61 Å². The number of anilines is 2. The summed E-state index contributed by atoms with van der Waals surface area (Å²) in [5.41, 5.74) is 2.98. The van der Waals surface area contributed by atoms with Crippen molar-refractivity contribution >= 4 is 50.7 Å². The molecule has 0 saturated heterocycles. The lowest BCUT2D eigenvalue weighted by Gasteiger charge is -2.10. The molecule has 6 heteroatoms. The van der Waals surface area contributed by atoms with Gasteiger partial charge in [-0.25, -0.2) is 9.97 Å². The highest BCUT2D eigenvalue weighted by Crippen LogP contribution is 2.26. The Kier molecular flexibility index (Phi) is 6.27. The van der Waals surface area contributed by atoms with Crippen molar-refractivity contribution in [2.75, 3.05) is 5.32 Å². The highest BCUT2D eigenvalue weighted by Gasteiger charge is 2.05. The minimum absolute atomic E-state index is 0. The molecule has 4 rings (SSSR count). The minimum Gasteiger partial charge on any atom is -0.489 e. The predicted octanol–water partition coefficient (Wildman–Crippen LogP) is 6.14. The maximum atomic E-state index is 5.82. The molecule has 27 heavy (non-hydrogen) atoms. The van der Waals surface area contributed by atoms with Gasteiger partial charge >= 0.3 is 0 Å². The molecule has 0 bridgehead atoms. The molecule has 1 heterocycles. The van der Waals surface area contributed by atoms with Crippen LogP contribution in [0.4, 0.5) is 11.5 Å². The molecule has 3 aromatic carbocycles. The molecule has 0 radical (unpaired) electrons. The van der Waals surface area contributed by atoms with Gasteiger partial charge in [0.15, 0.2) is 0 Å². The third-order valence-corrected chi connectivity index (χ3v) is 4.46. The van der Waals surface area contributed by atoms with Crippen LogP contribution in [0.15, 0.2) is 83.6 Å². The number of aromatic nitrogens is 2. The average Bonchev–Trinajstić information content (AvgIpc) is 2.69. The van der Waals surface area contributed by atoms with Crippen LogP contribution in [0.1, 0.15) is 5.56 Å². The fourth-order valence-corrected chi connectivity index (χ4v) is 3.00. The zero-order valence-electron chi connectivity index (χ0n) is 14.3. The summed E-state index contributed by atoms with van der Waals surface area (Å²) in [5.74, 6) is 1.60.